The molecule has 0 spiro atoms. The molecule has 21 heavy (non-hydrogen) atoms. The van der Waals surface area contributed by atoms with Gasteiger partial charge in [-0.25, -0.2) is 0 Å². The summed E-state index contributed by atoms with van der Waals surface area (Å²) < 4.78 is 5.69. The molecule has 2 aromatic carbocycles. The summed E-state index contributed by atoms with van der Waals surface area (Å²) in [6.07, 6.45) is 1.81. The molecule has 0 atom stereocenters. The zero-order valence-corrected chi connectivity index (χ0v) is 12.3. The molecule has 0 aliphatic carbocycles. The second kappa shape index (κ2) is 8.10. The van der Waals surface area contributed by atoms with Crippen molar-refractivity contribution < 1.29 is 9.53 Å². The van der Waals surface area contributed by atoms with Gasteiger partial charge in [-0.2, -0.15) is 0 Å². The number of carbonyl (C=O) groups excluding carboxylic acids is 1. The summed E-state index contributed by atoms with van der Waals surface area (Å²) in [5, 5.41) is 2.85. The maximum Gasteiger partial charge on any atom is 0.251 e. The van der Waals surface area contributed by atoms with E-state index in [9.17, 15) is 4.79 Å². The van der Waals surface area contributed by atoms with Crippen molar-refractivity contribution >= 4 is 5.91 Å². The molecule has 2 aromatic rings. The SMILES string of the molecule is CCCNC(=O)c1ccc(OCCc2ccccc2)cc1. The average molecular weight is 283 g/mol. The summed E-state index contributed by atoms with van der Waals surface area (Å²) in [6.45, 7) is 3.36. The Balaban J connectivity index is 1.81. The van der Waals surface area contributed by atoms with E-state index in [4.69, 9.17) is 4.74 Å². The van der Waals surface area contributed by atoms with Crippen LogP contribution in [0.5, 0.6) is 5.75 Å². The Bertz CT molecular complexity index is 549. The second-order valence-corrected chi connectivity index (χ2v) is 4.86. The third kappa shape index (κ3) is 4.95. The van der Waals surface area contributed by atoms with Crippen molar-refractivity contribution in [2.45, 2.75) is 19.8 Å². The molecule has 110 valence electrons. The average Bonchev–Trinajstić information content (AvgIpc) is 2.54. The highest BCUT2D eigenvalue weighted by molar-refractivity contribution is 5.94. The van der Waals surface area contributed by atoms with Crippen molar-refractivity contribution in [1.29, 1.82) is 0 Å². The van der Waals surface area contributed by atoms with E-state index in [1.54, 1.807) is 12.1 Å². The van der Waals surface area contributed by atoms with Crippen molar-refractivity contribution in [3.05, 3.63) is 65.7 Å². The molecule has 0 aliphatic heterocycles. The van der Waals surface area contributed by atoms with Crippen LogP contribution >= 0.6 is 0 Å². The molecule has 3 heteroatoms. The van der Waals surface area contributed by atoms with Crippen LogP contribution in [0.1, 0.15) is 29.3 Å². The molecule has 0 fully saturated rings. The molecule has 0 bridgehead atoms. The molecular formula is C18H21NO2. The van der Waals surface area contributed by atoms with Gasteiger partial charge in [-0.1, -0.05) is 37.3 Å². The summed E-state index contributed by atoms with van der Waals surface area (Å²) in [5.74, 6) is 0.755. The largest absolute Gasteiger partial charge is 0.493 e. The third-order valence-corrected chi connectivity index (χ3v) is 3.15. The normalized spacial score (nSPS) is 10.1. The molecule has 0 unspecified atom stereocenters. The van der Waals surface area contributed by atoms with Gasteiger partial charge in [0, 0.05) is 18.5 Å². The van der Waals surface area contributed by atoms with Crippen molar-refractivity contribution in [1.82, 2.24) is 5.32 Å². The summed E-state index contributed by atoms with van der Waals surface area (Å²) in [7, 11) is 0. The molecule has 3 nitrogen and oxygen atoms in total. The van der Waals surface area contributed by atoms with Crippen LogP contribution in [0, 0.1) is 0 Å². The van der Waals surface area contributed by atoms with E-state index in [0.717, 1.165) is 18.6 Å². The fourth-order valence-electron chi connectivity index (χ4n) is 1.97. The third-order valence-electron chi connectivity index (χ3n) is 3.15. The van der Waals surface area contributed by atoms with Crippen LogP contribution in [-0.4, -0.2) is 19.1 Å². The van der Waals surface area contributed by atoms with Gasteiger partial charge >= 0.3 is 0 Å². The van der Waals surface area contributed by atoms with E-state index in [1.165, 1.54) is 5.56 Å². The van der Waals surface area contributed by atoms with Gasteiger partial charge in [0.1, 0.15) is 5.75 Å². The van der Waals surface area contributed by atoms with E-state index < -0.39 is 0 Å². The lowest BCUT2D eigenvalue weighted by molar-refractivity contribution is 0.0953. The molecule has 2 rings (SSSR count). The van der Waals surface area contributed by atoms with E-state index in [-0.39, 0.29) is 5.91 Å². The van der Waals surface area contributed by atoms with Gasteiger partial charge in [0.15, 0.2) is 0 Å². The zero-order valence-electron chi connectivity index (χ0n) is 12.3. The molecule has 0 saturated heterocycles. The Morgan fingerprint density at radius 3 is 2.43 bits per heavy atom. The predicted octanol–water partition coefficient (Wildman–Crippen LogP) is 3.45. The van der Waals surface area contributed by atoms with Gasteiger partial charge in [0.2, 0.25) is 0 Å². The minimum absolute atomic E-state index is 0.0346. The number of carbonyl (C=O) groups is 1. The first kappa shape index (κ1) is 15.1. The Kier molecular flexibility index (Phi) is 5.83. The minimum Gasteiger partial charge on any atom is -0.493 e. The maximum atomic E-state index is 11.8. The molecule has 0 radical (unpaired) electrons. The van der Waals surface area contributed by atoms with Gasteiger partial charge < -0.3 is 10.1 Å². The second-order valence-electron chi connectivity index (χ2n) is 4.86. The van der Waals surface area contributed by atoms with Crippen LogP contribution < -0.4 is 10.1 Å². The Morgan fingerprint density at radius 2 is 1.76 bits per heavy atom. The fraction of sp³-hybridized carbons (Fsp3) is 0.278. The molecule has 0 aliphatic rings. The van der Waals surface area contributed by atoms with Crippen LogP contribution in [0.2, 0.25) is 0 Å². The molecule has 0 saturated carbocycles. The van der Waals surface area contributed by atoms with Crippen LogP contribution in [0.15, 0.2) is 54.6 Å². The first-order chi connectivity index (χ1) is 10.3. The molecule has 1 amide bonds. The Labute approximate surface area is 126 Å². The van der Waals surface area contributed by atoms with Gasteiger partial charge in [-0.3, -0.25) is 4.79 Å². The van der Waals surface area contributed by atoms with Crippen molar-refractivity contribution in [3.63, 3.8) is 0 Å². The molecule has 0 heterocycles. The number of hydrogen-bond acceptors (Lipinski definition) is 2. The quantitative estimate of drug-likeness (QED) is 0.845. The van der Waals surface area contributed by atoms with Crippen LogP contribution in [-0.2, 0) is 6.42 Å². The summed E-state index contributed by atoms with van der Waals surface area (Å²) in [4.78, 5) is 11.8. The monoisotopic (exact) mass is 283 g/mol. The highest BCUT2D eigenvalue weighted by atomic mass is 16.5. The Hall–Kier alpha value is -2.29. The number of benzene rings is 2. The molecular weight excluding hydrogens is 262 g/mol. The predicted molar refractivity (Wildman–Crippen MR) is 84.7 cm³/mol. The number of ether oxygens (including phenoxy) is 1. The van der Waals surface area contributed by atoms with Crippen LogP contribution in [0.3, 0.4) is 0 Å². The first-order valence-electron chi connectivity index (χ1n) is 7.34. The number of nitrogens with one attached hydrogen (secondary N) is 1. The first-order valence-corrected chi connectivity index (χ1v) is 7.34. The standard InChI is InChI=1S/C18H21NO2/c1-2-13-19-18(20)16-8-10-17(11-9-16)21-14-12-15-6-4-3-5-7-15/h3-11H,2,12-14H2,1H3,(H,19,20). The van der Waals surface area contributed by atoms with Gasteiger partial charge in [0.25, 0.3) is 5.91 Å². The highest BCUT2D eigenvalue weighted by Gasteiger charge is 2.04. The van der Waals surface area contributed by atoms with E-state index in [2.05, 4.69) is 17.4 Å². The van der Waals surface area contributed by atoms with Crippen LogP contribution in [0.4, 0.5) is 0 Å². The lowest BCUT2D eigenvalue weighted by atomic mass is 10.2. The van der Waals surface area contributed by atoms with Gasteiger partial charge in [0.05, 0.1) is 6.61 Å². The summed E-state index contributed by atoms with van der Waals surface area (Å²) in [6, 6.07) is 17.5. The van der Waals surface area contributed by atoms with Crippen molar-refractivity contribution in [3.8, 4) is 5.75 Å². The summed E-state index contributed by atoms with van der Waals surface area (Å²) in [5.41, 5.74) is 1.92. The van der Waals surface area contributed by atoms with Gasteiger partial charge in [-0.05, 0) is 36.2 Å². The topological polar surface area (TPSA) is 38.3 Å². The number of hydrogen-bond donors (Lipinski definition) is 1. The maximum absolute atomic E-state index is 11.8. The smallest absolute Gasteiger partial charge is 0.251 e. The van der Waals surface area contributed by atoms with Gasteiger partial charge in [-0.15, -0.1) is 0 Å². The number of amides is 1. The van der Waals surface area contributed by atoms with E-state index >= 15 is 0 Å². The van der Waals surface area contributed by atoms with Crippen molar-refractivity contribution in [2.24, 2.45) is 0 Å². The molecule has 1 N–H and O–H groups in total. The van der Waals surface area contributed by atoms with E-state index in [0.29, 0.717) is 18.7 Å². The minimum atomic E-state index is -0.0346. The highest BCUT2D eigenvalue weighted by Crippen LogP contribution is 2.13. The lowest BCUT2D eigenvalue weighted by Crippen LogP contribution is -2.23. The zero-order chi connectivity index (χ0) is 14.9. The summed E-state index contributed by atoms with van der Waals surface area (Å²) >= 11 is 0. The fourth-order valence-corrected chi connectivity index (χ4v) is 1.97. The number of rotatable bonds is 7. The van der Waals surface area contributed by atoms with Crippen molar-refractivity contribution in [2.75, 3.05) is 13.2 Å². The lowest BCUT2D eigenvalue weighted by Gasteiger charge is -2.08. The van der Waals surface area contributed by atoms with Crippen LogP contribution in [0.25, 0.3) is 0 Å². The van der Waals surface area contributed by atoms with E-state index in [1.807, 2.05) is 37.3 Å². The Morgan fingerprint density at radius 1 is 1.05 bits per heavy atom. The molecule has 0 aromatic heterocycles.